The number of carbonyl (C=O) groups excluding carboxylic acids is 2. The van der Waals surface area contributed by atoms with Gasteiger partial charge < -0.3 is 11.1 Å². The van der Waals surface area contributed by atoms with Crippen molar-refractivity contribution in [2.45, 2.75) is 91.9 Å². The highest BCUT2D eigenvalue weighted by atomic mass is 16.2. The summed E-state index contributed by atoms with van der Waals surface area (Å²) in [4.78, 5) is 21.7. The number of hydrogen-bond donors (Lipinski definition) is 2. The van der Waals surface area contributed by atoms with Crippen LogP contribution in [0.25, 0.3) is 0 Å². The van der Waals surface area contributed by atoms with E-state index in [2.05, 4.69) is 33.0 Å². The molecular weight excluding hydrogens is 276 g/mol. The van der Waals surface area contributed by atoms with Crippen LogP contribution in [0.1, 0.15) is 91.9 Å². The molecule has 0 radical (unpaired) electrons. The molecule has 0 saturated carbocycles. The number of nitrogens with one attached hydrogen (secondary N) is 1. The first-order valence-corrected chi connectivity index (χ1v) is 8.95. The quantitative estimate of drug-likeness (QED) is 0.531. The van der Waals surface area contributed by atoms with E-state index in [1.165, 1.54) is 44.9 Å². The maximum absolute atomic E-state index is 11.2. The topological polar surface area (TPSA) is 72.2 Å². The van der Waals surface area contributed by atoms with E-state index in [9.17, 15) is 9.59 Å². The Kier molecular flexibility index (Phi) is 19.0. The molecule has 0 atom stereocenters. The van der Waals surface area contributed by atoms with E-state index in [0.29, 0.717) is 6.42 Å². The molecule has 4 nitrogen and oxygen atoms in total. The summed E-state index contributed by atoms with van der Waals surface area (Å²) in [5, 5.41) is 2.49. The highest BCUT2D eigenvalue weighted by Gasteiger charge is 2.02. The van der Waals surface area contributed by atoms with Crippen molar-refractivity contribution in [3.05, 3.63) is 0 Å². The van der Waals surface area contributed by atoms with Gasteiger partial charge in [0, 0.05) is 6.42 Å². The maximum atomic E-state index is 11.2. The van der Waals surface area contributed by atoms with Gasteiger partial charge in [0.2, 0.25) is 11.8 Å². The molecule has 4 heteroatoms. The first-order valence-electron chi connectivity index (χ1n) is 8.95. The number of carbonyl (C=O) groups is 2. The molecule has 0 saturated heterocycles. The molecule has 0 aromatic carbocycles. The van der Waals surface area contributed by atoms with E-state index in [-0.39, 0.29) is 12.5 Å². The van der Waals surface area contributed by atoms with Crippen molar-refractivity contribution in [2.75, 3.05) is 6.54 Å². The normalized spacial score (nSPS) is 10.0. The molecule has 22 heavy (non-hydrogen) atoms. The molecule has 2 amide bonds. The van der Waals surface area contributed by atoms with Crippen molar-refractivity contribution in [3.63, 3.8) is 0 Å². The van der Waals surface area contributed by atoms with Crippen molar-refractivity contribution < 1.29 is 9.59 Å². The van der Waals surface area contributed by atoms with Gasteiger partial charge >= 0.3 is 0 Å². The number of unbranched alkanes of at least 4 members (excludes halogenated alkanes) is 8. The van der Waals surface area contributed by atoms with Gasteiger partial charge in [-0.1, -0.05) is 79.1 Å². The highest BCUT2D eigenvalue weighted by Crippen LogP contribution is 2.10. The van der Waals surface area contributed by atoms with E-state index in [0.717, 1.165) is 18.8 Å². The van der Waals surface area contributed by atoms with Crippen molar-refractivity contribution in [2.24, 2.45) is 11.7 Å². The third kappa shape index (κ3) is 27.3. The minimum absolute atomic E-state index is 0.0454. The second-order valence-electron chi connectivity index (χ2n) is 6.55. The molecular formula is C18H38N2O2. The molecule has 0 heterocycles. The summed E-state index contributed by atoms with van der Waals surface area (Å²) in [5.74, 6) is 0.271. The molecule has 0 aromatic heterocycles. The predicted octanol–water partition coefficient (Wildman–Crippen LogP) is 4.17. The van der Waals surface area contributed by atoms with E-state index in [4.69, 9.17) is 5.73 Å². The summed E-state index contributed by atoms with van der Waals surface area (Å²) in [7, 11) is 0. The van der Waals surface area contributed by atoms with Crippen LogP contribution in [0.4, 0.5) is 0 Å². The van der Waals surface area contributed by atoms with Gasteiger partial charge in [-0.3, -0.25) is 9.59 Å². The second kappa shape index (κ2) is 18.0. The van der Waals surface area contributed by atoms with Gasteiger partial charge in [-0.05, 0) is 12.3 Å². The van der Waals surface area contributed by atoms with Gasteiger partial charge in [0.25, 0.3) is 0 Å². The van der Waals surface area contributed by atoms with Crippen LogP contribution < -0.4 is 11.1 Å². The fraction of sp³-hybridized carbons (Fsp3) is 0.889. The lowest BCUT2D eigenvalue weighted by Gasteiger charge is -2.03. The van der Waals surface area contributed by atoms with Crippen LogP contribution in [0.15, 0.2) is 0 Å². The number of primary amides is 1. The monoisotopic (exact) mass is 314 g/mol. The second-order valence-corrected chi connectivity index (χ2v) is 6.55. The minimum atomic E-state index is -0.490. The first kappa shape index (κ1) is 23.2. The zero-order chi connectivity index (χ0) is 17.2. The van der Waals surface area contributed by atoms with Gasteiger partial charge in [0.05, 0.1) is 6.54 Å². The van der Waals surface area contributed by atoms with Gasteiger partial charge in [0.1, 0.15) is 0 Å². The fourth-order valence-corrected chi connectivity index (χ4v) is 1.87. The van der Waals surface area contributed by atoms with Gasteiger partial charge in [-0.25, -0.2) is 0 Å². The zero-order valence-electron chi connectivity index (χ0n) is 15.2. The van der Waals surface area contributed by atoms with Crippen LogP contribution in [0.3, 0.4) is 0 Å². The van der Waals surface area contributed by atoms with E-state index >= 15 is 0 Å². The largest absolute Gasteiger partial charge is 0.368 e. The highest BCUT2D eigenvalue weighted by molar-refractivity contribution is 5.83. The fourth-order valence-electron chi connectivity index (χ4n) is 1.87. The third-order valence-corrected chi connectivity index (χ3v) is 2.97. The molecule has 0 unspecified atom stereocenters. The average molecular weight is 315 g/mol. The molecule has 0 spiro atoms. The lowest BCUT2D eigenvalue weighted by atomic mass is 10.1. The Morgan fingerprint density at radius 3 is 1.68 bits per heavy atom. The van der Waals surface area contributed by atoms with Gasteiger partial charge in [0.15, 0.2) is 0 Å². The van der Waals surface area contributed by atoms with Crippen molar-refractivity contribution in [3.8, 4) is 0 Å². The average Bonchev–Trinajstić information content (AvgIpc) is 2.42. The van der Waals surface area contributed by atoms with Crippen LogP contribution in [0.5, 0.6) is 0 Å². The summed E-state index contributed by atoms with van der Waals surface area (Å²) in [6, 6.07) is 0. The summed E-state index contributed by atoms with van der Waals surface area (Å²) in [6.07, 6.45) is 11.6. The van der Waals surface area contributed by atoms with Crippen molar-refractivity contribution >= 4 is 11.8 Å². The van der Waals surface area contributed by atoms with Gasteiger partial charge in [-0.15, -0.1) is 0 Å². The standard InChI is InChI=1S/C14H28N2O2.C4H10/c1-2-3-4-5-6-7-8-9-10-11-14(18)16-12-13(15)17;1-4(2)3/h2-12H2,1H3,(H2,15,17)(H,16,18);4H,1-3H3. The summed E-state index contributed by atoms with van der Waals surface area (Å²) in [5.41, 5.74) is 4.93. The predicted molar refractivity (Wildman–Crippen MR) is 94.6 cm³/mol. The Bertz CT molecular complexity index is 263. The Morgan fingerprint density at radius 2 is 1.27 bits per heavy atom. The molecule has 0 aliphatic rings. The van der Waals surface area contributed by atoms with Crippen LogP contribution >= 0.6 is 0 Å². The molecule has 0 aliphatic heterocycles. The molecule has 3 N–H and O–H groups in total. The number of nitrogens with two attached hydrogens (primary N) is 1. The van der Waals surface area contributed by atoms with E-state index in [1.807, 2.05) is 0 Å². The molecule has 132 valence electrons. The van der Waals surface area contributed by atoms with Crippen LogP contribution in [-0.4, -0.2) is 18.4 Å². The molecule has 0 aromatic rings. The minimum Gasteiger partial charge on any atom is -0.368 e. The van der Waals surface area contributed by atoms with Crippen LogP contribution in [0.2, 0.25) is 0 Å². The first-order chi connectivity index (χ1) is 10.4. The zero-order valence-corrected chi connectivity index (χ0v) is 15.2. The molecule has 0 fully saturated rings. The van der Waals surface area contributed by atoms with Crippen molar-refractivity contribution in [1.29, 1.82) is 0 Å². The number of hydrogen-bond acceptors (Lipinski definition) is 2. The maximum Gasteiger partial charge on any atom is 0.236 e. The molecule has 0 aliphatic carbocycles. The summed E-state index contributed by atoms with van der Waals surface area (Å²) >= 11 is 0. The van der Waals surface area contributed by atoms with Crippen LogP contribution in [0, 0.1) is 5.92 Å². The Labute approximate surface area is 137 Å². The third-order valence-electron chi connectivity index (χ3n) is 2.97. The number of amides is 2. The van der Waals surface area contributed by atoms with Crippen LogP contribution in [-0.2, 0) is 9.59 Å². The van der Waals surface area contributed by atoms with Crippen molar-refractivity contribution in [1.82, 2.24) is 5.32 Å². The Balaban J connectivity index is 0. The summed E-state index contributed by atoms with van der Waals surface area (Å²) in [6.45, 7) is 8.68. The SMILES string of the molecule is CC(C)C.CCCCCCCCCCCC(=O)NCC(N)=O. The smallest absolute Gasteiger partial charge is 0.236 e. The number of rotatable bonds is 12. The Hall–Kier alpha value is -1.06. The lowest BCUT2D eigenvalue weighted by molar-refractivity contribution is -0.124. The van der Waals surface area contributed by atoms with E-state index < -0.39 is 5.91 Å². The van der Waals surface area contributed by atoms with Gasteiger partial charge in [-0.2, -0.15) is 0 Å². The molecule has 0 rings (SSSR count). The Morgan fingerprint density at radius 1 is 0.864 bits per heavy atom. The van der Waals surface area contributed by atoms with E-state index in [1.54, 1.807) is 0 Å². The summed E-state index contributed by atoms with van der Waals surface area (Å²) < 4.78 is 0. The lowest BCUT2D eigenvalue weighted by Crippen LogP contribution is -2.33. The molecule has 0 bridgehead atoms.